The molecular formula is C14H15N3O. The van der Waals surface area contributed by atoms with Gasteiger partial charge in [0.05, 0.1) is 0 Å². The van der Waals surface area contributed by atoms with Crippen LogP contribution < -0.4 is 11.1 Å². The Morgan fingerprint density at radius 2 is 1.89 bits per heavy atom. The van der Waals surface area contributed by atoms with Crippen molar-refractivity contribution in [2.75, 3.05) is 5.32 Å². The van der Waals surface area contributed by atoms with Gasteiger partial charge in [0.1, 0.15) is 0 Å². The van der Waals surface area contributed by atoms with E-state index in [4.69, 9.17) is 5.73 Å². The molecule has 1 amide bonds. The molecule has 1 aromatic heterocycles. The first-order chi connectivity index (χ1) is 8.68. The summed E-state index contributed by atoms with van der Waals surface area (Å²) in [7, 11) is 0. The third-order valence-corrected chi connectivity index (χ3v) is 2.64. The monoisotopic (exact) mass is 241 g/mol. The molecule has 0 saturated heterocycles. The Morgan fingerprint density at radius 3 is 2.56 bits per heavy atom. The van der Waals surface area contributed by atoms with Gasteiger partial charge in [-0.1, -0.05) is 18.2 Å². The van der Waals surface area contributed by atoms with E-state index >= 15 is 0 Å². The second-order valence-corrected chi connectivity index (χ2v) is 4.07. The standard InChI is InChI=1S/C14H15N3O/c1-10(15)12-4-2-3-5-13(12)17-14(18)11-6-8-16-9-7-11/h2-10H,15H2,1H3,(H,17,18). The van der Waals surface area contributed by atoms with Crippen molar-refractivity contribution in [3.63, 3.8) is 0 Å². The number of para-hydroxylation sites is 1. The van der Waals surface area contributed by atoms with Gasteiger partial charge in [0.15, 0.2) is 0 Å². The molecule has 2 rings (SSSR count). The molecule has 1 atom stereocenters. The first-order valence-electron chi connectivity index (χ1n) is 5.74. The number of anilines is 1. The van der Waals surface area contributed by atoms with Crippen LogP contribution in [-0.2, 0) is 0 Å². The highest BCUT2D eigenvalue weighted by Crippen LogP contribution is 2.21. The molecule has 1 heterocycles. The van der Waals surface area contributed by atoms with E-state index in [-0.39, 0.29) is 11.9 Å². The van der Waals surface area contributed by atoms with Crippen molar-refractivity contribution < 1.29 is 4.79 Å². The predicted molar refractivity (Wildman–Crippen MR) is 71.2 cm³/mol. The Kier molecular flexibility index (Phi) is 3.69. The van der Waals surface area contributed by atoms with Crippen molar-refractivity contribution in [2.45, 2.75) is 13.0 Å². The van der Waals surface area contributed by atoms with Crippen LogP contribution in [0.15, 0.2) is 48.8 Å². The summed E-state index contributed by atoms with van der Waals surface area (Å²) in [6.45, 7) is 1.89. The molecule has 1 aromatic carbocycles. The maximum Gasteiger partial charge on any atom is 0.255 e. The highest BCUT2D eigenvalue weighted by Gasteiger charge is 2.10. The minimum atomic E-state index is -0.162. The first-order valence-corrected chi connectivity index (χ1v) is 5.74. The average molecular weight is 241 g/mol. The quantitative estimate of drug-likeness (QED) is 0.866. The molecule has 0 saturated carbocycles. The lowest BCUT2D eigenvalue weighted by Crippen LogP contribution is -2.15. The van der Waals surface area contributed by atoms with E-state index in [2.05, 4.69) is 10.3 Å². The van der Waals surface area contributed by atoms with Gasteiger partial charge in [-0.05, 0) is 30.7 Å². The molecule has 0 aliphatic rings. The second kappa shape index (κ2) is 5.42. The highest BCUT2D eigenvalue weighted by atomic mass is 16.1. The Hall–Kier alpha value is -2.20. The highest BCUT2D eigenvalue weighted by molar-refractivity contribution is 6.04. The van der Waals surface area contributed by atoms with E-state index in [0.29, 0.717) is 5.56 Å². The van der Waals surface area contributed by atoms with Gasteiger partial charge in [-0.3, -0.25) is 9.78 Å². The molecule has 0 bridgehead atoms. The minimum absolute atomic E-state index is 0.126. The first kappa shape index (κ1) is 12.3. The summed E-state index contributed by atoms with van der Waals surface area (Å²) in [4.78, 5) is 15.9. The summed E-state index contributed by atoms with van der Waals surface area (Å²) in [5, 5.41) is 2.86. The fourth-order valence-corrected chi connectivity index (χ4v) is 1.71. The molecule has 1 unspecified atom stereocenters. The molecule has 0 aliphatic heterocycles. The maximum atomic E-state index is 12.0. The summed E-state index contributed by atoms with van der Waals surface area (Å²) < 4.78 is 0. The van der Waals surface area contributed by atoms with Crippen molar-refractivity contribution in [1.29, 1.82) is 0 Å². The fraction of sp³-hybridized carbons (Fsp3) is 0.143. The summed E-state index contributed by atoms with van der Waals surface area (Å²) in [5.74, 6) is -0.162. The van der Waals surface area contributed by atoms with E-state index in [0.717, 1.165) is 11.3 Å². The number of rotatable bonds is 3. The lowest BCUT2D eigenvalue weighted by atomic mass is 10.1. The van der Waals surface area contributed by atoms with E-state index in [9.17, 15) is 4.79 Å². The Balaban J connectivity index is 2.22. The summed E-state index contributed by atoms with van der Waals surface area (Å²) >= 11 is 0. The van der Waals surface area contributed by atoms with Gasteiger partial charge in [-0.25, -0.2) is 0 Å². The number of nitrogens with zero attached hydrogens (tertiary/aromatic N) is 1. The molecule has 2 aromatic rings. The molecular weight excluding hydrogens is 226 g/mol. The summed E-state index contributed by atoms with van der Waals surface area (Å²) in [6.07, 6.45) is 3.18. The smallest absolute Gasteiger partial charge is 0.255 e. The number of nitrogens with one attached hydrogen (secondary N) is 1. The molecule has 0 fully saturated rings. The molecule has 4 heteroatoms. The van der Waals surface area contributed by atoms with Crippen LogP contribution in [0.1, 0.15) is 28.9 Å². The molecule has 18 heavy (non-hydrogen) atoms. The van der Waals surface area contributed by atoms with Crippen LogP contribution in [0.4, 0.5) is 5.69 Å². The van der Waals surface area contributed by atoms with E-state index in [1.54, 1.807) is 24.5 Å². The molecule has 0 spiro atoms. The fourth-order valence-electron chi connectivity index (χ4n) is 1.71. The average Bonchev–Trinajstić information content (AvgIpc) is 2.40. The number of hydrogen-bond acceptors (Lipinski definition) is 3. The van der Waals surface area contributed by atoms with Gasteiger partial charge in [0, 0.05) is 29.7 Å². The molecule has 0 aliphatic carbocycles. The van der Waals surface area contributed by atoms with Gasteiger partial charge in [-0.2, -0.15) is 0 Å². The van der Waals surface area contributed by atoms with Crippen LogP contribution in [0.5, 0.6) is 0 Å². The van der Waals surface area contributed by atoms with Gasteiger partial charge < -0.3 is 11.1 Å². The lowest BCUT2D eigenvalue weighted by molar-refractivity contribution is 0.102. The molecule has 0 radical (unpaired) electrons. The van der Waals surface area contributed by atoms with Crippen LogP contribution in [-0.4, -0.2) is 10.9 Å². The Morgan fingerprint density at radius 1 is 1.22 bits per heavy atom. The van der Waals surface area contributed by atoms with Gasteiger partial charge >= 0.3 is 0 Å². The predicted octanol–water partition coefficient (Wildman–Crippen LogP) is 2.35. The second-order valence-electron chi connectivity index (χ2n) is 4.07. The normalized spacial score (nSPS) is 11.9. The Bertz CT molecular complexity index is 538. The SMILES string of the molecule is CC(N)c1ccccc1NC(=O)c1ccncc1. The minimum Gasteiger partial charge on any atom is -0.324 e. The number of benzene rings is 1. The zero-order valence-electron chi connectivity index (χ0n) is 10.1. The third kappa shape index (κ3) is 2.73. The van der Waals surface area contributed by atoms with Crippen LogP contribution in [0, 0.1) is 0 Å². The number of pyridine rings is 1. The van der Waals surface area contributed by atoms with Gasteiger partial charge in [0.25, 0.3) is 5.91 Å². The number of nitrogens with two attached hydrogens (primary N) is 1. The Labute approximate surface area is 106 Å². The van der Waals surface area contributed by atoms with Crippen LogP contribution in [0.2, 0.25) is 0 Å². The lowest BCUT2D eigenvalue weighted by Gasteiger charge is -2.13. The van der Waals surface area contributed by atoms with Gasteiger partial charge in [0.2, 0.25) is 0 Å². The van der Waals surface area contributed by atoms with Crippen molar-refractivity contribution in [1.82, 2.24) is 4.98 Å². The summed E-state index contributed by atoms with van der Waals surface area (Å²) in [5.41, 5.74) is 8.10. The maximum absolute atomic E-state index is 12.0. The van der Waals surface area contributed by atoms with Crippen molar-refractivity contribution in [3.05, 3.63) is 59.9 Å². The number of carbonyl (C=O) groups excluding carboxylic acids is 1. The zero-order chi connectivity index (χ0) is 13.0. The van der Waals surface area contributed by atoms with Crippen molar-refractivity contribution in [2.24, 2.45) is 5.73 Å². The summed E-state index contributed by atoms with van der Waals surface area (Å²) in [6, 6.07) is 10.7. The molecule has 4 nitrogen and oxygen atoms in total. The number of hydrogen-bond donors (Lipinski definition) is 2. The zero-order valence-corrected chi connectivity index (χ0v) is 10.1. The van der Waals surface area contributed by atoms with E-state index in [1.807, 2.05) is 31.2 Å². The van der Waals surface area contributed by atoms with Crippen LogP contribution in [0.3, 0.4) is 0 Å². The van der Waals surface area contributed by atoms with Crippen LogP contribution >= 0.6 is 0 Å². The van der Waals surface area contributed by atoms with Crippen molar-refractivity contribution >= 4 is 11.6 Å². The van der Waals surface area contributed by atoms with Gasteiger partial charge in [-0.15, -0.1) is 0 Å². The molecule has 92 valence electrons. The largest absolute Gasteiger partial charge is 0.324 e. The van der Waals surface area contributed by atoms with E-state index in [1.165, 1.54) is 0 Å². The van der Waals surface area contributed by atoms with E-state index < -0.39 is 0 Å². The van der Waals surface area contributed by atoms with Crippen LogP contribution in [0.25, 0.3) is 0 Å². The third-order valence-electron chi connectivity index (χ3n) is 2.64. The number of aromatic nitrogens is 1. The van der Waals surface area contributed by atoms with Crippen molar-refractivity contribution in [3.8, 4) is 0 Å². The molecule has 3 N–H and O–H groups in total. The topological polar surface area (TPSA) is 68.0 Å². The number of amides is 1. The number of carbonyl (C=O) groups is 1.